The number of rotatable bonds is 7. The van der Waals surface area contributed by atoms with Gasteiger partial charge in [-0.1, -0.05) is 38.2 Å². The molecule has 1 aromatic carbocycles. The molecule has 1 unspecified atom stereocenters. The molecule has 2 N–H and O–H groups in total. The van der Waals surface area contributed by atoms with Gasteiger partial charge in [-0.25, -0.2) is 0 Å². The molecule has 0 bridgehead atoms. The SMILES string of the molecule is COc1cccc2[nH]c(C(=O)N3CC(C4CCCCC4)C[C@H]3C(=O)N[C@H](C#N)C[C@@H]3CCCC3=O)cc12. The number of nitriles is 1. The Morgan fingerprint density at radius 1 is 1.19 bits per heavy atom. The number of nitrogens with one attached hydrogen (secondary N) is 2. The average Bonchev–Trinajstić information content (AvgIpc) is 3.66. The molecule has 37 heavy (non-hydrogen) atoms. The molecule has 4 atom stereocenters. The van der Waals surface area contributed by atoms with Crippen molar-refractivity contribution in [2.45, 2.75) is 76.3 Å². The molecule has 2 heterocycles. The van der Waals surface area contributed by atoms with E-state index in [1.54, 1.807) is 18.1 Å². The van der Waals surface area contributed by atoms with Crippen molar-refractivity contribution < 1.29 is 19.1 Å². The van der Waals surface area contributed by atoms with Crippen molar-refractivity contribution in [3.63, 3.8) is 0 Å². The summed E-state index contributed by atoms with van der Waals surface area (Å²) in [6.45, 7) is 0.534. The molecule has 0 radical (unpaired) electrons. The fraction of sp³-hybridized carbons (Fsp3) is 0.586. The predicted molar refractivity (Wildman–Crippen MR) is 139 cm³/mol. The van der Waals surface area contributed by atoms with E-state index in [9.17, 15) is 19.6 Å². The van der Waals surface area contributed by atoms with E-state index in [2.05, 4.69) is 16.4 Å². The minimum atomic E-state index is -0.734. The van der Waals surface area contributed by atoms with Crippen molar-refractivity contribution in [1.82, 2.24) is 15.2 Å². The number of amides is 2. The van der Waals surface area contributed by atoms with Crippen LogP contribution in [0.15, 0.2) is 24.3 Å². The Morgan fingerprint density at radius 3 is 2.70 bits per heavy atom. The van der Waals surface area contributed by atoms with Crippen molar-refractivity contribution in [3.05, 3.63) is 30.0 Å². The number of likely N-dealkylation sites (tertiary alicyclic amines) is 1. The summed E-state index contributed by atoms with van der Waals surface area (Å²) in [6.07, 6.45) is 9.02. The number of aromatic nitrogens is 1. The topological polar surface area (TPSA) is 115 Å². The second-order valence-electron chi connectivity index (χ2n) is 11.0. The van der Waals surface area contributed by atoms with Crippen LogP contribution in [0.3, 0.4) is 0 Å². The Labute approximate surface area is 217 Å². The highest BCUT2D eigenvalue weighted by Crippen LogP contribution is 2.38. The van der Waals surface area contributed by atoms with Gasteiger partial charge in [0.15, 0.2) is 0 Å². The predicted octanol–water partition coefficient (Wildman–Crippen LogP) is 4.36. The lowest BCUT2D eigenvalue weighted by molar-refractivity contribution is -0.126. The fourth-order valence-electron chi connectivity index (χ4n) is 6.70. The van der Waals surface area contributed by atoms with Crippen LogP contribution in [0.2, 0.25) is 0 Å². The third kappa shape index (κ3) is 5.22. The molecule has 5 rings (SSSR count). The van der Waals surface area contributed by atoms with E-state index in [0.717, 1.165) is 36.6 Å². The molecule has 2 saturated carbocycles. The Kier molecular flexibility index (Phi) is 7.50. The molecule has 0 spiro atoms. The number of H-pyrrole nitrogens is 1. The Bertz CT molecular complexity index is 1210. The number of aromatic amines is 1. The van der Waals surface area contributed by atoms with Gasteiger partial charge in [-0.2, -0.15) is 5.26 Å². The molecule has 2 aromatic rings. The van der Waals surface area contributed by atoms with Gasteiger partial charge >= 0.3 is 0 Å². The van der Waals surface area contributed by atoms with Gasteiger partial charge in [0, 0.05) is 29.8 Å². The van der Waals surface area contributed by atoms with Crippen LogP contribution < -0.4 is 10.1 Å². The van der Waals surface area contributed by atoms with Crippen LogP contribution in [-0.4, -0.2) is 53.2 Å². The lowest BCUT2D eigenvalue weighted by Crippen LogP contribution is -2.49. The van der Waals surface area contributed by atoms with Gasteiger partial charge in [0.25, 0.3) is 5.91 Å². The third-order valence-corrected chi connectivity index (χ3v) is 8.71. The van der Waals surface area contributed by atoms with Crippen LogP contribution in [0.1, 0.15) is 74.7 Å². The Morgan fingerprint density at radius 2 is 2.00 bits per heavy atom. The molecular weight excluding hydrogens is 468 g/mol. The third-order valence-electron chi connectivity index (χ3n) is 8.71. The highest BCUT2D eigenvalue weighted by molar-refractivity contribution is 6.01. The normalized spacial score (nSPS) is 25.2. The summed E-state index contributed by atoms with van der Waals surface area (Å²) in [7, 11) is 1.60. The molecule has 3 aliphatic rings. The maximum Gasteiger partial charge on any atom is 0.270 e. The Balaban J connectivity index is 1.37. The van der Waals surface area contributed by atoms with Crippen molar-refractivity contribution >= 4 is 28.5 Å². The molecule has 1 saturated heterocycles. The highest BCUT2D eigenvalue weighted by Gasteiger charge is 2.43. The minimum absolute atomic E-state index is 0.164. The zero-order valence-corrected chi connectivity index (χ0v) is 21.5. The molecule has 2 aliphatic carbocycles. The number of methoxy groups -OCH3 is 1. The standard InChI is InChI=1S/C29H36N4O4/c1-37-27-12-6-10-23-22(27)15-24(32-23)29(36)33-17-20(18-7-3-2-4-8-18)14-25(33)28(35)31-21(16-30)13-19-9-5-11-26(19)34/h6,10,12,15,18-21,25,32H,2-5,7-9,11,13-14,17H2,1H3,(H,31,35)/t19-,20?,21-,25-/m0/s1. The van der Waals surface area contributed by atoms with E-state index in [0.29, 0.717) is 43.2 Å². The molecule has 2 amide bonds. The maximum absolute atomic E-state index is 13.8. The number of carbonyl (C=O) groups excluding carboxylic acids is 3. The van der Waals surface area contributed by atoms with Gasteiger partial charge in [-0.3, -0.25) is 14.4 Å². The molecular formula is C29H36N4O4. The number of ketones is 1. The first-order chi connectivity index (χ1) is 18.0. The molecule has 8 nitrogen and oxygen atoms in total. The average molecular weight is 505 g/mol. The lowest BCUT2D eigenvalue weighted by atomic mass is 9.79. The van der Waals surface area contributed by atoms with Gasteiger partial charge in [0.2, 0.25) is 5.91 Å². The number of fused-ring (bicyclic) bond motifs is 1. The van der Waals surface area contributed by atoms with Crippen LogP contribution in [-0.2, 0) is 9.59 Å². The fourth-order valence-corrected chi connectivity index (χ4v) is 6.70. The largest absolute Gasteiger partial charge is 0.496 e. The van der Waals surface area contributed by atoms with Crippen LogP contribution in [0.5, 0.6) is 5.75 Å². The smallest absolute Gasteiger partial charge is 0.270 e. The summed E-state index contributed by atoms with van der Waals surface area (Å²) in [5.41, 5.74) is 1.23. The van der Waals surface area contributed by atoms with Crippen LogP contribution >= 0.6 is 0 Å². The van der Waals surface area contributed by atoms with Crippen molar-refractivity contribution in [2.24, 2.45) is 17.8 Å². The first-order valence-electron chi connectivity index (χ1n) is 13.7. The molecule has 8 heteroatoms. The van der Waals surface area contributed by atoms with E-state index in [1.807, 2.05) is 18.2 Å². The number of benzene rings is 1. The van der Waals surface area contributed by atoms with E-state index < -0.39 is 12.1 Å². The summed E-state index contributed by atoms with van der Waals surface area (Å²) in [4.78, 5) is 44.4. The van der Waals surface area contributed by atoms with E-state index in [4.69, 9.17) is 4.74 Å². The molecule has 1 aliphatic heterocycles. The van der Waals surface area contributed by atoms with Crippen molar-refractivity contribution in [1.29, 1.82) is 5.26 Å². The van der Waals surface area contributed by atoms with Gasteiger partial charge in [0.05, 0.1) is 13.2 Å². The second kappa shape index (κ2) is 11.0. The van der Waals surface area contributed by atoms with Crippen LogP contribution in [0.25, 0.3) is 10.9 Å². The number of hydrogen-bond donors (Lipinski definition) is 2. The lowest BCUT2D eigenvalue weighted by Gasteiger charge is -2.27. The van der Waals surface area contributed by atoms with Crippen molar-refractivity contribution in [2.75, 3.05) is 13.7 Å². The zero-order valence-electron chi connectivity index (χ0n) is 21.5. The molecule has 3 fully saturated rings. The van der Waals surface area contributed by atoms with Gasteiger partial charge in [0.1, 0.15) is 29.3 Å². The van der Waals surface area contributed by atoms with Crippen LogP contribution in [0, 0.1) is 29.1 Å². The summed E-state index contributed by atoms with van der Waals surface area (Å²) in [5, 5.41) is 13.4. The minimum Gasteiger partial charge on any atom is -0.496 e. The summed E-state index contributed by atoms with van der Waals surface area (Å²) < 4.78 is 5.46. The van der Waals surface area contributed by atoms with E-state index >= 15 is 0 Å². The zero-order chi connectivity index (χ0) is 25.9. The summed E-state index contributed by atoms with van der Waals surface area (Å²) in [6, 6.07) is 8.22. The number of ether oxygens (including phenoxy) is 1. The van der Waals surface area contributed by atoms with Gasteiger partial charge < -0.3 is 19.9 Å². The number of Topliss-reactive ketones (excluding diaryl/α,β-unsaturated/α-hetero) is 1. The first kappa shape index (κ1) is 25.3. The molecule has 196 valence electrons. The monoisotopic (exact) mass is 504 g/mol. The second-order valence-corrected chi connectivity index (χ2v) is 11.0. The highest BCUT2D eigenvalue weighted by atomic mass is 16.5. The number of carbonyl (C=O) groups is 3. The number of hydrogen-bond acceptors (Lipinski definition) is 5. The van der Waals surface area contributed by atoms with E-state index in [-0.39, 0.29) is 29.4 Å². The van der Waals surface area contributed by atoms with Crippen molar-refractivity contribution in [3.8, 4) is 11.8 Å². The van der Waals surface area contributed by atoms with E-state index in [1.165, 1.54) is 19.3 Å². The summed E-state index contributed by atoms with van der Waals surface area (Å²) >= 11 is 0. The van der Waals surface area contributed by atoms with Gasteiger partial charge in [-0.15, -0.1) is 0 Å². The Hall–Kier alpha value is -3.34. The quantitative estimate of drug-likeness (QED) is 0.582. The van der Waals surface area contributed by atoms with Gasteiger partial charge in [-0.05, 0) is 55.7 Å². The maximum atomic E-state index is 13.8. The first-order valence-corrected chi connectivity index (χ1v) is 13.7. The molecule has 1 aromatic heterocycles. The summed E-state index contributed by atoms with van der Waals surface area (Å²) in [5.74, 6) is 0.959. The number of nitrogens with zero attached hydrogens (tertiary/aromatic N) is 2. The van der Waals surface area contributed by atoms with Crippen LogP contribution in [0.4, 0.5) is 0 Å².